The van der Waals surface area contributed by atoms with Gasteiger partial charge in [0.15, 0.2) is 0 Å². The van der Waals surface area contributed by atoms with Crippen molar-refractivity contribution in [2.24, 2.45) is 0 Å². The Morgan fingerprint density at radius 1 is 0.189 bits per heavy atom. The van der Waals surface area contributed by atoms with Gasteiger partial charge in [-0.05, 0) is 175 Å². The average Bonchev–Trinajstić information content (AvgIpc) is 1.37. The van der Waals surface area contributed by atoms with Crippen LogP contribution in [0.5, 0.6) is 0 Å². The van der Waals surface area contributed by atoms with Crippen molar-refractivity contribution >= 4 is 69.3 Å². The van der Waals surface area contributed by atoms with E-state index in [0.29, 0.717) is 17.3 Å². The maximum absolute atomic E-state index is 14.4. The summed E-state index contributed by atoms with van der Waals surface area (Å²) in [5.41, 5.74) is 20.1. The van der Waals surface area contributed by atoms with Gasteiger partial charge in [0.2, 0.25) is 0 Å². The second kappa shape index (κ2) is 50.3. The molecule has 20 heteroatoms. The minimum absolute atomic E-state index is 0. The summed E-state index contributed by atoms with van der Waals surface area (Å²) in [5.74, 6) is 2.55. The topological polar surface area (TPSA) is 116 Å². The van der Waals surface area contributed by atoms with Crippen molar-refractivity contribution in [1.29, 1.82) is 0 Å². The summed E-state index contributed by atoms with van der Waals surface area (Å²) in [5, 5.41) is 0. The fourth-order valence-electron chi connectivity index (χ4n) is 16.1. The first-order valence-electron chi connectivity index (χ1n) is 47.5. The Bertz CT molecular complexity index is 7380. The summed E-state index contributed by atoms with van der Waals surface area (Å²) in [7, 11) is 0. The van der Waals surface area contributed by atoms with Gasteiger partial charge in [-0.1, -0.05) is 264 Å². The number of rotatable bonds is 20. The Morgan fingerprint density at radius 3 is 0.676 bits per heavy atom. The van der Waals surface area contributed by atoms with Crippen LogP contribution >= 0.6 is 0 Å². The molecule has 12 nitrogen and oxygen atoms in total. The first kappa shape index (κ1) is 111. The van der Waals surface area contributed by atoms with Crippen molar-refractivity contribution in [2.45, 2.75) is 105 Å². The van der Waals surface area contributed by atoms with Crippen LogP contribution in [0.25, 0.3) is 90.1 Å². The van der Waals surface area contributed by atoms with E-state index in [0.717, 1.165) is 144 Å². The molecule has 0 unspecified atom stereocenters. The fraction of sp³-hybridized carbons (Fsp3) is 0.125. The third-order valence-electron chi connectivity index (χ3n) is 23.7. The molecule has 0 N–H and O–H groups in total. The van der Waals surface area contributed by atoms with Crippen LogP contribution in [0.15, 0.2) is 413 Å². The molecule has 12 aromatic carbocycles. The van der Waals surface area contributed by atoms with Gasteiger partial charge in [0.1, 0.15) is 46.5 Å². The van der Waals surface area contributed by atoms with Gasteiger partial charge in [0, 0.05) is 46.0 Å². The second-order valence-corrected chi connectivity index (χ2v) is 38.3. The number of pyridine rings is 8. The minimum Gasteiger partial charge on any atom is -0.280 e. The summed E-state index contributed by atoms with van der Waals surface area (Å²) in [6.07, 6.45) is 0. The van der Waals surface area contributed by atoms with Gasteiger partial charge in [-0.25, -0.2) is 0 Å². The molecular formula is C128H104F4N12Pt4. The van der Waals surface area contributed by atoms with Crippen molar-refractivity contribution in [1.82, 2.24) is 39.9 Å². The summed E-state index contributed by atoms with van der Waals surface area (Å²) in [4.78, 5) is 47.7. The summed E-state index contributed by atoms with van der Waals surface area (Å²) >= 11 is 0. The second-order valence-electron chi connectivity index (χ2n) is 38.3. The predicted octanol–water partition coefficient (Wildman–Crippen LogP) is 33.3. The van der Waals surface area contributed by atoms with E-state index < -0.39 is 23.3 Å². The fourth-order valence-corrected chi connectivity index (χ4v) is 16.1. The normalized spacial score (nSPS) is 11.0. The molecule has 0 fully saturated rings. The number of halogens is 4. The van der Waals surface area contributed by atoms with Crippen LogP contribution in [0, 0.1) is 71.8 Å². The first-order chi connectivity index (χ1) is 69.6. The van der Waals surface area contributed by atoms with Crippen molar-refractivity contribution in [3.63, 3.8) is 0 Å². The maximum Gasteiger partial charge on any atom is 2.00 e. The van der Waals surface area contributed by atoms with E-state index in [1.165, 1.54) is 22.3 Å². The number of aromatic nitrogens is 8. The molecule has 0 bridgehead atoms. The third kappa shape index (κ3) is 27.9. The largest absolute Gasteiger partial charge is 2.00 e. The third-order valence-corrected chi connectivity index (χ3v) is 23.7. The SMILES string of the molecule is CC(C)(C)c1cc(-c2[c-]cccc2)nc(N(c2ccccc2)c2cc(C(C)(C)C)cc(-c3[c-]cccc3)n2)c1.CC(C)(C)c1cc[c-]c(-c2cccc(N(c3ccccc3)c3cccc(-c4[c-]ccc(C(C)(C)C)c4)n3)n2)c1.Fc1c[c-]c(-c2cccc(N(c3ccccc3)c3cccc(-c4[c-]cc(F)cc4F)n3)n2)c(F)c1.[Pt+2].[Pt+2].[Pt+2].[Pt+2].[c-]1ccccc1-c1cccc(N(c2ccccc2)c2cccc(-c3[c-]cccc3)n2)n1. The van der Waals surface area contributed by atoms with Crippen molar-refractivity contribution in [3.8, 4) is 90.1 Å². The molecule has 0 spiro atoms. The molecule has 0 aliphatic heterocycles. The zero-order chi connectivity index (χ0) is 100. The summed E-state index contributed by atoms with van der Waals surface area (Å²) in [6.45, 7) is 26.7. The number of hydrogen-bond acceptors (Lipinski definition) is 12. The molecule has 0 aliphatic carbocycles. The predicted molar refractivity (Wildman–Crippen MR) is 576 cm³/mol. The van der Waals surface area contributed by atoms with E-state index in [4.69, 9.17) is 29.9 Å². The van der Waals surface area contributed by atoms with E-state index in [9.17, 15) is 17.6 Å². The molecule has 0 saturated heterocycles. The maximum atomic E-state index is 14.4. The zero-order valence-electron chi connectivity index (χ0n) is 83.4. The van der Waals surface area contributed by atoms with Gasteiger partial charge >= 0.3 is 84.3 Å². The molecule has 0 atom stereocenters. The number of hydrogen-bond donors (Lipinski definition) is 0. The number of benzene rings is 12. The van der Waals surface area contributed by atoms with Crippen LogP contribution < -0.4 is 19.6 Å². The molecule has 148 heavy (non-hydrogen) atoms. The number of anilines is 12. The van der Waals surface area contributed by atoms with E-state index in [1.54, 1.807) is 41.3 Å². The van der Waals surface area contributed by atoms with Crippen LogP contribution in [0.2, 0.25) is 0 Å². The Kier molecular flexibility index (Phi) is 37.6. The Balaban J connectivity index is 0.000000164. The van der Waals surface area contributed by atoms with Gasteiger partial charge in [-0.15, -0.1) is 239 Å². The zero-order valence-corrected chi connectivity index (χ0v) is 92.5. The van der Waals surface area contributed by atoms with Crippen LogP contribution in [0.3, 0.4) is 0 Å². The quantitative estimate of drug-likeness (QED) is 0.0534. The molecule has 0 amide bonds. The molecule has 0 aliphatic rings. The van der Waals surface area contributed by atoms with Crippen LogP contribution in [-0.4, -0.2) is 39.9 Å². The van der Waals surface area contributed by atoms with E-state index in [-0.39, 0.29) is 128 Å². The van der Waals surface area contributed by atoms with Gasteiger partial charge in [-0.2, -0.15) is 0 Å². The van der Waals surface area contributed by atoms with Gasteiger partial charge < -0.3 is 0 Å². The Morgan fingerprint density at radius 2 is 0.419 bits per heavy atom. The molecule has 20 aromatic rings. The molecule has 744 valence electrons. The number of nitrogens with zero attached hydrogens (tertiary/aromatic N) is 12. The monoisotopic (exact) mass is 2660 g/mol. The van der Waals surface area contributed by atoms with E-state index in [2.05, 4.69) is 278 Å². The molecule has 20 rings (SSSR count). The van der Waals surface area contributed by atoms with Gasteiger partial charge in [0.25, 0.3) is 0 Å². The molecule has 8 aromatic heterocycles. The Labute approximate surface area is 923 Å². The van der Waals surface area contributed by atoms with Crippen molar-refractivity contribution < 1.29 is 102 Å². The smallest absolute Gasteiger partial charge is 0.280 e. The molecule has 8 heterocycles. The van der Waals surface area contributed by atoms with Crippen LogP contribution in [-0.2, 0) is 106 Å². The molecule has 0 saturated carbocycles. The first-order valence-corrected chi connectivity index (χ1v) is 47.5. The van der Waals surface area contributed by atoms with Crippen molar-refractivity contribution in [3.05, 3.63) is 507 Å². The Hall–Kier alpha value is -14.5. The van der Waals surface area contributed by atoms with Crippen LogP contribution in [0.4, 0.5) is 86.9 Å². The van der Waals surface area contributed by atoms with Crippen LogP contribution in [0.1, 0.15) is 105 Å². The molecule has 0 radical (unpaired) electrons. The summed E-state index contributed by atoms with van der Waals surface area (Å²) in [6, 6.07) is 156. The van der Waals surface area contributed by atoms with Crippen molar-refractivity contribution in [2.75, 3.05) is 19.6 Å². The molecular weight excluding hydrogens is 2560 g/mol. The van der Waals surface area contributed by atoms with E-state index >= 15 is 0 Å². The van der Waals surface area contributed by atoms with Gasteiger partial charge in [0.05, 0.1) is 0 Å². The standard InChI is InChI=1S/2C36H35N3.C28H15F4N3.C28H19N3.4Pt/c1-35(2,3)28-22-31(26-16-10-7-11-17-26)37-33(24-28)39(30-20-14-9-15-21-30)34-25-29(36(4,5)6)23-32(38-34)27-18-12-8-13-19-27;1-35(2,3)28-16-10-14-26(24-28)31-20-12-22-33(37-31)39(30-18-8-7-9-19-30)34-23-13-21-32(38-34)27-15-11-17-29(25-27)36(4,5)6;29-18-12-14-21(23(31)16-18)25-8-4-10-27(33-25)35(20-6-2-1-3-7-20)28-11-5-9-26(34-28)22-15-13-19(30)17-24(22)32;1-4-12-22(13-5-1)25-18-10-20-27(29-25)31(24-16-8-3-9-17-24)28-21-11-19-26(30-28)23-14-6-2-7-15-23;;;;/h7-16,18,20-25H,1-6H3;7-13,16-25H,1-6H3;1-13,16-17H;1-12,14,16-21H;;;;/q4*-2;4*+2. The minimum atomic E-state index is -0.789. The van der Waals surface area contributed by atoms with Gasteiger partial charge in [-0.3, -0.25) is 77.0 Å². The summed E-state index contributed by atoms with van der Waals surface area (Å²) < 4.78 is 55.6. The average molecular weight is 2670 g/mol. The van der Waals surface area contributed by atoms with E-state index in [1.807, 2.05) is 231 Å². The number of para-hydroxylation sites is 4.